The highest BCUT2D eigenvalue weighted by atomic mass is 35.5. The fourth-order valence-electron chi connectivity index (χ4n) is 2.52. The average molecular weight is 221 g/mol. The lowest BCUT2D eigenvalue weighted by molar-refractivity contribution is 0.690. The van der Waals surface area contributed by atoms with Crippen LogP contribution in [0.1, 0.15) is 37.3 Å². The first-order chi connectivity index (χ1) is 7.36. The lowest BCUT2D eigenvalue weighted by Gasteiger charge is -2.08. The van der Waals surface area contributed by atoms with Crippen LogP contribution in [-0.2, 0) is 0 Å². The Morgan fingerprint density at radius 2 is 2.13 bits per heavy atom. The SMILES string of the molecule is Clc1cccn2c(C3CCCC3)cnc12. The van der Waals surface area contributed by atoms with Gasteiger partial charge in [-0.1, -0.05) is 24.4 Å². The maximum Gasteiger partial charge on any atom is 0.155 e. The van der Waals surface area contributed by atoms with E-state index in [9.17, 15) is 0 Å². The molecule has 78 valence electrons. The normalized spacial score (nSPS) is 17.7. The van der Waals surface area contributed by atoms with E-state index in [0.717, 1.165) is 10.7 Å². The summed E-state index contributed by atoms with van der Waals surface area (Å²) in [5, 5.41) is 0.738. The van der Waals surface area contributed by atoms with E-state index in [2.05, 4.69) is 15.6 Å². The molecule has 1 fully saturated rings. The fraction of sp³-hybridized carbons (Fsp3) is 0.417. The summed E-state index contributed by atoms with van der Waals surface area (Å²) >= 11 is 6.09. The summed E-state index contributed by atoms with van der Waals surface area (Å²) in [5.74, 6) is 0.679. The molecule has 2 aromatic rings. The molecule has 0 amide bonds. The second-order valence-electron chi connectivity index (χ2n) is 4.21. The van der Waals surface area contributed by atoms with E-state index in [1.807, 2.05) is 18.3 Å². The van der Waals surface area contributed by atoms with Crippen molar-refractivity contribution in [2.24, 2.45) is 0 Å². The molecule has 0 atom stereocenters. The third-order valence-electron chi connectivity index (χ3n) is 3.29. The van der Waals surface area contributed by atoms with Crippen molar-refractivity contribution < 1.29 is 0 Å². The Bertz CT molecular complexity index is 483. The first-order valence-electron chi connectivity index (χ1n) is 5.48. The maximum absolute atomic E-state index is 6.09. The predicted molar refractivity (Wildman–Crippen MR) is 61.4 cm³/mol. The Morgan fingerprint density at radius 3 is 2.93 bits per heavy atom. The van der Waals surface area contributed by atoms with E-state index in [1.54, 1.807) is 0 Å². The molecule has 1 aliphatic rings. The third kappa shape index (κ3) is 1.44. The number of halogens is 1. The van der Waals surface area contributed by atoms with Crippen molar-refractivity contribution in [2.75, 3.05) is 0 Å². The summed E-state index contributed by atoms with van der Waals surface area (Å²) in [6.07, 6.45) is 9.32. The predicted octanol–water partition coefficient (Wildman–Crippen LogP) is 3.65. The first-order valence-corrected chi connectivity index (χ1v) is 5.85. The fourth-order valence-corrected chi connectivity index (χ4v) is 2.73. The van der Waals surface area contributed by atoms with E-state index >= 15 is 0 Å². The average Bonchev–Trinajstić information content (AvgIpc) is 2.85. The molecule has 1 aliphatic carbocycles. The van der Waals surface area contributed by atoms with Crippen molar-refractivity contribution in [2.45, 2.75) is 31.6 Å². The lowest BCUT2D eigenvalue weighted by atomic mass is 10.1. The van der Waals surface area contributed by atoms with Crippen LogP contribution in [0.2, 0.25) is 5.02 Å². The molecule has 3 rings (SSSR count). The molecule has 1 saturated carbocycles. The highest BCUT2D eigenvalue weighted by Crippen LogP contribution is 2.34. The molecule has 0 aliphatic heterocycles. The molecular formula is C12H13ClN2. The van der Waals surface area contributed by atoms with E-state index in [4.69, 9.17) is 11.6 Å². The van der Waals surface area contributed by atoms with Gasteiger partial charge < -0.3 is 4.40 Å². The number of pyridine rings is 1. The quantitative estimate of drug-likeness (QED) is 0.717. The van der Waals surface area contributed by atoms with Crippen LogP contribution in [0.3, 0.4) is 0 Å². The molecular weight excluding hydrogens is 208 g/mol. The van der Waals surface area contributed by atoms with Crippen molar-refractivity contribution in [1.29, 1.82) is 0 Å². The van der Waals surface area contributed by atoms with E-state index in [0.29, 0.717) is 5.92 Å². The summed E-state index contributed by atoms with van der Waals surface area (Å²) in [6, 6.07) is 3.87. The Kier molecular flexibility index (Phi) is 2.17. The van der Waals surface area contributed by atoms with Crippen LogP contribution < -0.4 is 0 Å². The van der Waals surface area contributed by atoms with Gasteiger partial charge in [-0.25, -0.2) is 4.98 Å². The molecule has 0 aromatic carbocycles. The van der Waals surface area contributed by atoms with E-state index < -0.39 is 0 Å². The highest BCUT2D eigenvalue weighted by molar-refractivity contribution is 6.33. The number of nitrogens with zero attached hydrogens (tertiary/aromatic N) is 2. The van der Waals surface area contributed by atoms with Crippen molar-refractivity contribution >= 4 is 17.2 Å². The zero-order valence-electron chi connectivity index (χ0n) is 8.49. The van der Waals surface area contributed by atoms with Gasteiger partial charge in [-0.3, -0.25) is 0 Å². The zero-order chi connectivity index (χ0) is 10.3. The molecule has 0 saturated heterocycles. The zero-order valence-corrected chi connectivity index (χ0v) is 9.24. The Balaban J connectivity index is 2.15. The number of hydrogen-bond donors (Lipinski definition) is 0. The van der Waals surface area contributed by atoms with Crippen LogP contribution in [0.5, 0.6) is 0 Å². The molecule has 0 spiro atoms. The topological polar surface area (TPSA) is 17.3 Å². The summed E-state index contributed by atoms with van der Waals surface area (Å²) in [4.78, 5) is 4.39. The summed E-state index contributed by atoms with van der Waals surface area (Å²) < 4.78 is 2.14. The van der Waals surface area contributed by atoms with Crippen LogP contribution >= 0.6 is 11.6 Å². The smallest absolute Gasteiger partial charge is 0.155 e. The minimum Gasteiger partial charge on any atom is -0.303 e. The molecule has 2 nitrogen and oxygen atoms in total. The van der Waals surface area contributed by atoms with Crippen LogP contribution in [0.4, 0.5) is 0 Å². The van der Waals surface area contributed by atoms with Gasteiger partial charge in [0.15, 0.2) is 5.65 Å². The summed E-state index contributed by atoms with van der Waals surface area (Å²) in [5.41, 5.74) is 2.21. The molecule has 15 heavy (non-hydrogen) atoms. The third-order valence-corrected chi connectivity index (χ3v) is 3.59. The number of fused-ring (bicyclic) bond motifs is 1. The van der Waals surface area contributed by atoms with Gasteiger partial charge in [0, 0.05) is 24.0 Å². The Morgan fingerprint density at radius 1 is 1.33 bits per heavy atom. The van der Waals surface area contributed by atoms with Gasteiger partial charge in [-0.05, 0) is 25.0 Å². The monoisotopic (exact) mass is 220 g/mol. The molecule has 2 aromatic heterocycles. The lowest BCUT2D eigenvalue weighted by Crippen LogP contribution is -1.97. The second-order valence-corrected chi connectivity index (χ2v) is 4.62. The van der Waals surface area contributed by atoms with Gasteiger partial charge in [0.2, 0.25) is 0 Å². The van der Waals surface area contributed by atoms with Gasteiger partial charge >= 0.3 is 0 Å². The van der Waals surface area contributed by atoms with Gasteiger partial charge in [-0.2, -0.15) is 0 Å². The van der Waals surface area contributed by atoms with Crippen LogP contribution in [0.15, 0.2) is 24.5 Å². The van der Waals surface area contributed by atoms with Crippen molar-refractivity contribution in [3.05, 3.63) is 35.2 Å². The van der Waals surface area contributed by atoms with Crippen LogP contribution in [0.25, 0.3) is 5.65 Å². The Hall–Kier alpha value is -1.02. The summed E-state index contributed by atoms with van der Waals surface area (Å²) in [7, 11) is 0. The first kappa shape index (κ1) is 9.22. The highest BCUT2D eigenvalue weighted by Gasteiger charge is 2.20. The summed E-state index contributed by atoms with van der Waals surface area (Å²) in [6.45, 7) is 0. The molecule has 0 bridgehead atoms. The molecule has 0 radical (unpaired) electrons. The van der Waals surface area contributed by atoms with E-state index in [1.165, 1.54) is 31.4 Å². The molecule has 0 unspecified atom stereocenters. The number of hydrogen-bond acceptors (Lipinski definition) is 1. The van der Waals surface area contributed by atoms with Crippen LogP contribution in [0, 0.1) is 0 Å². The second kappa shape index (κ2) is 3.53. The van der Waals surface area contributed by atoms with Crippen molar-refractivity contribution in [3.8, 4) is 0 Å². The Labute approximate surface area is 93.9 Å². The van der Waals surface area contributed by atoms with E-state index in [-0.39, 0.29) is 0 Å². The van der Waals surface area contributed by atoms with Gasteiger partial charge in [0.1, 0.15) is 0 Å². The van der Waals surface area contributed by atoms with Gasteiger partial charge in [0.05, 0.1) is 5.02 Å². The molecule has 0 N–H and O–H groups in total. The minimum absolute atomic E-state index is 0.679. The number of aromatic nitrogens is 2. The standard InChI is InChI=1S/C12H13ClN2/c13-10-6-3-7-15-11(8-14-12(10)15)9-4-1-2-5-9/h3,6-9H,1-2,4-5H2. The van der Waals surface area contributed by atoms with Gasteiger partial charge in [-0.15, -0.1) is 0 Å². The van der Waals surface area contributed by atoms with Crippen LogP contribution in [-0.4, -0.2) is 9.38 Å². The van der Waals surface area contributed by atoms with Gasteiger partial charge in [0.25, 0.3) is 0 Å². The largest absolute Gasteiger partial charge is 0.303 e. The molecule has 3 heteroatoms. The van der Waals surface area contributed by atoms with Crippen molar-refractivity contribution in [3.63, 3.8) is 0 Å². The molecule has 2 heterocycles. The minimum atomic E-state index is 0.679. The maximum atomic E-state index is 6.09. The van der Waals surface area contributed by atoms with Crippen molar-refractivity contribution in [1.82, 2.24) is 9.38 Å². The number of rotatable bonds is 1. The number of imidazole rings is 1.